The molecule has 2 heterocycles. The first-order valence-corrected chi connectivity index (χ1v) is 13.4. The van der Waals surface area contributed by atoms with Crippen molar-refractivity contribution in [2.45, 2.75) is 52.6 Å². The molecule has 0 radical (unpaired) electrons. The number of nitrogens with zero attached hydrogens (tertiary/aromatic N) is 4. The number of aryl methyl sites for hydroxylation is 1. The van der Waals surface area contributed by atoms with Gasteiger partial charge in [0.15, 0.2) is 0 Å². The number of carbonyl (C=O) groups excluding carboxylic acids is 4. The van der Waals surface area contributed by atoms with Gasteiger partial charge in [0.1, 0.15) is 24.0 Å². The van der Waals surface area contributed by atoms with Gasteiger partial charge in [-0.05, 0) is 31.4 Å². The standard InChI is InChI=1S/C28H36N6O8/c1-5-18(3)25(28(40)41)32-23(36)16-34-12-8-10-20(27(34)39)31-22(35)13-19(9-7-11-24(37)42-6-2)14-30-26(38)21-15-29-17-33(21)4/h7-8,10-12,14-15,17-19,25H,5-6,9,13,16H2,1-4H3,(H,31,35)(H,32,36)(H,40,41)/b11-7+,30-14?/t18?,19?,25-/m0/s1. The number of ether oxygens (including phenoxy) is 1. The molecule has 2 aromatic rings. The molecule has 14 nitrogen and oxygen atoms in total. The molecule has 0 aliphatic heterocycles. The van der Waals surface area contributed by atoms with Crippen LogP contribution in [0.5, 0.6) is 0 Å². The summed E-state index contributed by atoms with van der Waals surface area (Å²) >= 11 is 0. The number of imidazole rings is 1. The minimum atomic E-state index is -1.18. The molecule has 42 heavy (non-hydrogen) atoms. The molecule has 0 bridgehead atoms. The highest BCUT2D eigenvalue weighted by molar-refractivity contribution is 5.99. The van der Waals surface area contributed by atoms with Gasteiger partial charge in [-0.2, -0.15) is 0 Å². The van der Waals surface area contributed by atoms with Crippen molar-refractivity contribution in [3.8, 4) is 0 Å². The summed E-state index contributed by atoms with van der Waals surface area (Å²) in [4.78, 5) is 81.7. The lowest BCUT2D eigenvalue weighted by molar-refractivity contribution is -0.143. The van der Waals surface area contributed by atoms with E-state index in [1.165, 1.54) is 53.8 Å². The lowest BCUT2D eigenvalue weighted by atomic mass is 9.99. The molecule has 2 unspecified atom stereocenters. The van der Waals surface area contributed by atoms with Crippen molar-refractivity contribution in [2.24, 2.45) is 23.9 Å². The molecule has 0 saturated heterocycles. The third kappa shape index (κ3) is 10.3. The van der Waals surface area contributed by atoms with E-state index < -0.39 is 53.7 Å². The van der Waals surface area contributed by atoms with Crippen molar-refractivity contribution in [2.75, 3.05) is 11.9 Å². The Hall–Kier alpha value is -4.88. The van der Waals surface area contributed by atoms with Gasteiger partial charge in [-0.25, -0.2) is 19.6 Å². The van der Waals surface area contributed by atoms with Gasteiger partial charge in [0.05, 0.1) is 19.1 Å². The van der Waals surface area contributed by atoms with E-state index in [0.29, 0.717) is 6.42 Å². The topological polar surface area (TPSA) is 191 Å². The summed E-state index contributed by atoms with van der Waals surface area (Å²) in [5, 5.41) is 14.3. The van der Waals surface area contributed by atoms with Gasteiger partial charge in [0.25, 0.3) is 11.5 Å². The number of rotatable bonds is 15. The van der Waals surface area contributed by atoms with E-state index in [9.17, 15) is 33.9 Å². The predicted octanol–water partition coefficient (Wildman–Crippen LogP) is 1.56. The molecule has 14 heteroatoms. The number of hydrogen-bond acceptors (Lipinski definition) is 8. The normalized spacial score (nSPS) is 13.4. The summed E-state index contributed by atoms with van der Waals surface area (Å²) in [7, 11) is 1.63. The van der Waals surface area contributed by atoms with Gasteiger partial charge in [-0.15, -0.1) is 0 Å². The number of aliphatic carboxylic acids is 1. The Morgan fingerprint density at radius 2 is 1.93 bits per heavy atom. The second kappa shape index (κ2) is 16.4. The molecule has 0 aliphatic carbocycles. The van der Waals surface area contributed by atoms with E-state index in [0.717, 1.165) is 4.57 Å². The minimum absolute atomic E-state index is 0.101. The maximum absolute atomic E-state index is 12.9. The number of allylic oxidation sites excluding steroid dienone is 1. The predicted molar refractivity (Wildman–Crippen MR) is 153 cm³/mol. The van der Waals surface area contributed by atoms with Crippen LogP contribution >= 0.6 is 0 Å². The van der Waals surface area contributed by atoms with E-state index >= 15 is 0 Å². The highest BCUT2D eigenvalue weighted by Crippen LogP contribution is 2.12. The first-order chi connectivity index (χ1) is 20.0. The maximum Gasteiger partial charge on any atom is 0.330 e. The van der Waals surface area contributed by atoms with Crippen molar-refractivity contribution >= 4 is 41.6 Å². The molecule has 0 aliphatic rings. The van der Waals surface area contributed by atoms with Crippen molar-refractivity contribution in [1.29, 1.82) is 0 Å². The number of aliphatic imine (C=N–C) groups is 1. The molecule has 3 atom stereocenters. The largest absolute Gasteiger partial charge is 0.480 e. The molecule has 2 rings (SSSR count). The summed E-state index contributed by atoms with van der Waals surface area (Å²) in [5.74, 6) is -4.51. The number of pyridine rings is 1. The number of anilines is 1. The third-order valence-electron chi connectivity index (χ3n) is 6.27. The van der Waals surface area contributed by atoms with Crippen LogP contribution in [0.3, 0.4) is 0 Å². The summed E-state index contributed by atoms with van der Waals surface area (Å²) in [6, 6.07) is 1.72. The zero-order valence-electron chi connectivity index (χ0n) is 24.0. The van der Waals surface area contributed by atoms with Crippen molar-refractivity contribution in [1.82, 2.24) is 19.4 Å². The number of hydrogen-bond donors (Lipinski definition) is 3. The smallest absolute Gasteiger partial charge is 0.330 e. The molecular formula is C28H36N6O8. The number of carboxylic acid groups (broad SMARTS) is 1. The average Bonchev–Trinajstić information content (AvgIpc) is 3.37. The molecule has 0 fully saturated rings. The van der Waals surface area contributed by atoms with Crippen LogP contribution in [0, 0.1) is 11.8 Å². The number of amides is 3. The molecule has 2 aromatic heterocycles. The fourth-order valence-corrected chi connectivity index (χ4v) is 3.78. The lowest BCUT2D eigenvalue weighted by Crippen LogP contribution is -2.46. The zero-order chi connectivity index (χ0) is 31.2. The average molecular weight is 585 g/mol. The molecular weight excluding hydrogens is 548 g/mol. The van der Waals surface area contributed by atoms with Crippen molar-refractivity contribution in [3.05, 3.63) is 59.1 Å². The molecule has 0 aromatic carbocycles. The Morgan fingerprint density at radius 1 is 1.19 bits per heavy atom. The summed E-state index contributed by atoms with van der Waals surface area (Å²) in [6.07, 6.45) is 8.65. The third-order valence-corrected chi connectivity index (χ3v) is 6.27. The van der Waals surface area contributed by atoms with Gasteiger partial charge in [0, 0.05) is 37.9 Å². The van der Waals surface area contributed by atoms with Crippen LogP contribution in [-0.2, 0) is 37.5 Å². The Morgan fingerprint density at radius 3 is 2.55 bits per heavy atom. The zero-order valence-corrected chi connectivity index (χ0v) is 24.0. The highest BCUT2D eigenvalue weighted by Gasteiger charge is 2.25. The first-order valence-electron chi connectivity index (χ1n) is 13.4. The molecule has 0 saturated carbocycles. The minimum Gasteiger partial charge on any atom is -0.480 e. The van der Waals surface area contributed by atoms with Gasteiger partial charge in [-0.3, -0.25) is 19.2 Å². The van der Waals surface area contributed by atoms with Gasteiger partial charge >= 0.3 is 11.9 Å². The number of carbonyl (C=O) groups is 5. The summed E-state index contributed by atoms with van der Waals surface area (Å²) in [5.41, 5.74) is -0.532. The Bertz CT molecular complexity index is 1390. The van der Waals surface area contributed by atoms with Crippen molar-refractivity contribution in [3.63, 3.8) is 0 Å². The van der Waals surface area contributed by atoms with Gasteiger partial charge in [0.2, 0.25) is 11.8 Å². The van der Waals surface area contributed by atoms with Crippen LogP contribution in [0.15, 0.2) is 52.8 Å². The van der Waals surface area contributed by atoms with Crippen LogP contribution < -0.4 is 16.2 Å². The van der Waals surface area contributed by atoms with E-state index in [1.807, 2.05) is 0 Å². The molecule has 3 amide bonds. The first kappa shape index (κ1) is 33.3. The molecule has 226 valence electrons. The Labute approximate surface area is 242 Å². The van der Waals surface area contributed by atoms with Crippen molar-refractivity contribution < 1.29 is 33.8 Å². The highest BCUT2D eigenvalue weighted by atomic mass is 16.5. The second-order valence-electron chi connectivity index (χ2n) is 9.50. The number of aromatic nitrogens is 3. The quantitative estimate of drug-likeness (QED) is 0.158. The van der Waals surface area contributed by atoms with Crippen LogP contribution in [0.4, 0.5) is 5.69 Å². The maximum atomic E-state index is 12.9. The fraction of sp³-hybridized carbons (Fsp3) is 0.429. The Balaban J connectivity index is 2.14. The van der Waals surface area contributed by atoms with E-state index in [-0.39, 0.29) is 36.7 Å². The fourth-order valence-electron chi connectivity index (χ4n) is 3.78. The monoisotopic (exact) mass is 584 g/mol. The van der Waals surface area contributed by atoms with E-state index in [4.69, 9.17) is 4.74 Å². The van der Waals surface area contributed by atoms with Crippen LogP contribution in [0.2, 0.25) is 0 Å². The summed E-state index contributed by atoms with van der Waals surface area (Å²) < 4.78 is 7.39. The molecule has 0 spiro atoms. The SMILES string of the molecule is CCOC(=O)/C=C/CC(C=NC(=O)c1cncn1C)CC(=O)Nc1cccn(CC(=O)N[C@H](C(=O)O)C(C)CC)c1=O. The summed E-state index contributed by atoms with van der Waals surface area (Å²) in [6.45, 7) is 4.91. The lowest BCUT2D eigenvalue weighted by Gasteiger charge is -2.20. The number of carboxylic acids is 1. The van der Waals surface area contributed by atoms with Crippen LogP contribution in [0.25, 0.3) is 0 Å². The van der Waals surface area contributed by atoms with Crippen LogP contribution in [-0.4, -0.2) is 67.7 Å². The molecule has 3 N–H and O–H groups in total. The van der Waals surface area contributed by atoms with E-state index in [2.05, 4.69) is 20.6 Å². The van der Waals surface area contributed by atoms with Gasteiger partial charge < -0.3 is 29.6 Å². The second-order valence-corrected chi connectivity index (χ2v) is 9.50. The number of nitrogens with one attached hydrogen (secondary N) is 2. The Kier molecular flexibility index (Phi) is 13.0. The van der Waals surface area contributed by atoms with E-state index in [1.54, 1.807) is 27.8 Å². The van der Waals surface area contributed by atoms with Gasteiger partial charge in [-0.1, -0.05) is 26.3 Å². The van der Waals surface area contributed by atoms with Crippen LogP contribution in [0.1, 0.15) is 50.5 Å². The number of esters is 1.